The molecule has 1 nitrogen and oxygen atoms in total. The molecule has 0 aromatic heterocycles. The molecular formula is C6H8OS. The largest absolute Gasteiger partial charge is 0.294 e. The first kappa shape index (κ1) is 5.89. The van der Waals surface area contributed by atoms with Gasteiger partial charge < -0.3 is 0 Å². The fourth-order valence-corrected chi connectivity index (χ4v) is 0.984. The zero-order chi connectivity index (χ0) is 5.98. The molecular weight excluding hydrogens is 120 g/mol. The molecule has 0 amide bonds. The minimum absolute atomic E-state index is 0.194. The third-order valence-corrected chi connectivity index (χ3v) is 1.66. The number of carbonyl (C=O) groups is 1. The van der Waals surface area contributed by atoms with E-state index in [1.54, 1.807) is 0 Å². The standard InChI is InChI=1S/C6H8OS/c7-5-3-1-2-4-6(5)8/h4,8H,1-3H2. The lowest BCUT2D eigenvalue weighted by Crippen LogP contribution is -2.01. The third-order valence-electron chi connectivity index (χ3n) is 1.23. The lowest BCUT2D eigenvalue weighted by Gasteiger charge is -2.03. The van der Waals surface area contributed by atoms with Crippen LogP contribution in [0.3, 0.4) is 0 Å². The molecule has 1 rings (SSSR count). The van der Waals surface area contributed by atoms with Gasteiger partial charge in [-0.2, -0.15) is 0 Å². The Morgan fingerprint density at radius 2 is 2.38 bits per heavy atom. The molecule has 0 spiro atoms. The second kappa shape index (κ2) is 2.35. The van der Waals surface area contributed by atoms with Gasteiger partial charge in [-0.3, -0.25) is 4.79 Å². The van der Waals surface area contributed by atoms with E-state index in [2.05, 4.69) is 12.6 Å². The van der Waals surface area contributed by atoms with Gasteiger partial charge in [0.05, 0.1) is 0 Å². The highest BCUT2D eigenvalue weighted by molar-refractivity contribution is 7.85. The number of allylic oxidation sites excluding steroid dienone is 2. The summed E-state index contributed by atoms with van der Waals surface area (Å²) < 4.78 is 0. The van der Waals surface area contributed by atoms with Gasteiger partial charge >= 0.3 is 0 Å². The van der Waals surface area contributed by atoms with E-state index in [1.165, 1.54) is 0 Å². The Balaban J connectivity index is 2.67. The van der Waals surface area contributed by atoms with Crippen LogP contribution in [-0.2, 0) is 4.79 Å². The zero-order valence-electron chi connectivity index (χ0n) is 4.55. The molecule has 0 N–H and O–H groups in total. The van der Waals surface area contributed by atoms with Gasteiger partial charge in [-0.25, -0.2) is 0 Å². The van der Waals surface area contributed by atoms with E-state index < -0.39 is 0 Å². The number of Topliss-reactive ketones (excluding diaryl/α,β-unsaturated/α-hetero) is 1. The Morgan fingerprint density at radius 1 is 1.62 bits per heavy atom. The van der Waals surface area contributed by atoms with Crippen LogP contribution in [0.1, 0.15) is 19.3 Å². The Labute approximate surface area is 54.2 Å². The molecule has 1 aliphatic rings. The number of hydrogen-bond donors (Lipinski definition) is 1. The number of rotatable bonds is 0. The highest BCUT2D eigenvalue weighted by Crippen LogP contribution is 2.15. The molecule has 0 fully saturated rings. The summed E-state index contributed by atoms with van der Waals surface area (Å²) in [4.78, 5) is 11.3. The summed E-state index contributed by atoms with van der Waals surface area (Å²) in [5.41, 5.74) is 0. The summed E-state index contributed by atoms with van der Waals surface area (Å²) in [5.74, 6) is 0.194. The highest BCUT2D eigenvalue weighted by Gasteiger charge is 2.07. The summed E-state index contributed by atoms with van der Waals surface area (Å²) in [7, 11) is 0. The fourth-order valence-electron chi connectivity index (χ4n) is 0.743. The van der Waals surface area contributed by atoms with Crippen molar-refractivity contribution in [3.05, 3.63) is 11.0 Å². The summed E-state index contributed by atoms with van der Waals surface area (Å²) in [5, 5.41) is 0. The molecule has 0 aromatic carbocycles. The van der Waals surface area contributed by atoms with Crippen LogP contribution in [0.5, 0.6) is 0 Å². The summed E-state index contributed by atoms with van der Waals surface area (Å²) in [6.07, 6.45) is 4.59. The van der Waals surface area contributed by atoms with Gasteiger partial charge in [0.1, 0.15) is 0 Å². The van der Waals surface area contributed by atoms with Crippen LogP contribution in [0.4, 0.5) is 0 Å². The predicted molar refractivity (Wildman–Crippen MR) is 35.9 cm³/mol. The maximum absolute atomic E-state index is 10.6. The van der Waals surface area contributed by atoms with Crippen molar-refractivity contribution in [2.75, 3.05) is 0 Å². The van der Waals surface area contributed by atoms with E-state index in [4.69, 9.17) is 0 Å². The van der Waals surface area contributed by atoms with Crippen molar-refractivity contribution in [2.24, 2.45) is 0 Å². The minimum Gasteiger partial charge on any atom is -0.294 e. The molecule has 0 unspecified atom stereocenters. The molecule has 0 bridgehead atoms. The molecule has 1 aliphatic carbocycles. The third kappa shape index (κ3) is 1.13. The van der Waals surface area contributed by atoms with Gasteiger partial charge in [0.25, 0.3) is 0 Å². The number of ketones is 1. The van der Waals surface area contributed by atoms with Crippen LogP contribution < -0.4 is 0 Å². The average molecular weight is 128 g/mol. The molecule has 0 saturated heterocycles. The van der Waals surface area contributed by atoms with Crippen LogP contribution in [-0.4, -0.2) is 5.78 Å². The second-order valence-corrected chi connectivity index (χ2v) is 2.39. The van der Waals surface area contributed by atoms with Gasteiger partial charge in [0.2, 0.25) is 0 Å². The van der Waals surface area contributed by atoms with E-state index in [1.807, 2.05) is 6.08 Å². The van der Waals surface area contributed by atoms with E-state index >= 15 is 0 Å². The van der Waals surface area contributed by atoms with Crippen LogP contribution >= 0.6 is 12.6 Å². The molecule has 44 valence electrons. The zero-order valence-corrected chi connectivity index (χ0v) is 5.45. The summed E-state index contributed by atoms with van der Waals surface area (Å²) >= 11 is 3.97. The number of carbonyl (C=O) groups excluding carboxylic acids is 1. The molecule has 0 heterocycles. The summed E-state index contributed by atoms with van der Waals surface area (Å²) in [6, 6.07) is 0. The predicted octanol–water partition coefficient (Wildman–Crippen LogP) is 1.55. The highest BCUT2D eigenvalue weighted by atomic mass is 32.1. The topological polar surface area (TPSA) is 17.1 Å². The second-order valence-electron chi connectivity index (χ2n) is 1.90. The average Bonchev–Trinajstić information content (AvgIpc) is 1.77. The van der Waals surface area contributed by atoms with Gasteiger partial charge in [-0.05, 0) is 12.8 Å². The Hall–Kier alpha value is -0.240. The van der Waals surface area contributed by atoms with Crippen molar-refractivity contribution in [3.63, 3.8) is 0 Å². The number of thiol groups is 1. The van der Waals surface area contributed by atoms with Gasteiger partial charge in [0, 0.05) is 11.3 Å². The molecule has 2 heteroatoms. The van der Waals surface area contributed by atoms with Gasteiger partial charge in [0.15, 0.2) is 5.78 Å². The van der Waals surface area contributed by atoms with Crippen LogP contribution in [0.25, 0.3) is 0 Å². The van der Waals surface area contributed by atoms with Crippen molar-refractivity contribution in [2.45, 2.75) is 19.3 Å². The molecule has 0 atom stereocenters. The Morgan fingerprint density at radius 3 is 2.75 bits per heavy atom. The van der Waals surface area contributed by atoms with Crippen LogP contribution in [0, 0.1) is 0 Å². The maximum Gasteiger partial charge on any atom is 0.168 e. The quantitative estimate of drug-likeness (QED) is 0.490. The van der Waals surface area contributed by atoms with E-state index in [0.29, 0.717) is 11.3 Å². The first-order chi connectivity index (χ1) is 3.80. The monoisotopic (exact) mass is 128 g/mol. The van der Waals surface area contributed by atoms with E-state index in [-0.39, 0.29) is 5.78 Å². The van der Waals surface area contributed by atoms with Crippen molar-refractivity contribution >= 4 is 18.4 Å². The molecule has 8 heavy (non-hydrogen) atoms. The molecule has 0 aliphatic heterocycles. The lowest BCUT2D eigenvalue weighted by atomic mass is 10.1. The van der Waals surface area contributed by atoms with E-state index in [9.17, 15) is 4.79 Å². The molecule has 0 radical (unpaired) electrons. The fraction of sp³-hybridized carbons (Fsp3) is 0.500. The first-order valence-electron chi connectivity index (χ1n) is 2.73. The van der Waals surface area contributed by atoms with Crippen molar-refractivity contribution < 1.29 is 4.79 Å². The number of hydrogen-bond acceptors (Lipinski definition) is 2. The van der Waals surface area contributed by atoms with E-state index in [0.717, 1.165) is 12.8 Å². The smallest absolute Gasteiger partial charge is 0.168 e. The normalized spacial score (nSPS) is 20.6. The van der Waals surface area contributed by atoms with Crippen LogP contribution in [0.15, 0.2) is 11.0 Å². The summed E-state index contributed by atoms with van der Waals surface area (Å²) in [6.45, 7) is 0. The maximum atomic E-state index is 10.6. The first-order valence-corrected chi connectivity index (χ1v) is 3.18. The van der Waals surface area contributed by atoms with Crippen molar-refractivity contribution in [1.29, 1.82) is 0 Å². The van der Waals surface area contributed by atoms with Crippen molar-refractivity contribution in [1.82, 2.24) is 0 Å². The molecule has 0 aromatic rings. The van der Waals surface area contributed by atoms with Crippen molar-refractivity contribution in [3.8, 4) is 0 Å². The van der Waals surface area contributed by atoms with Crippen LogP contribution in [0.2, 0.25) is 0 Å². The SMILES string of the molecule is O=C1CCCC=C1S. The Kier molecular flexibility index (Phi) is 1.73. The lowest BCUT2D eigenvalue weighted by molar-refractivity contribution is -0.115. The van der Waals surface area contributed by atoms with Gasteiger partial charge in [-0.1, -0.05) is 6.08 Å². The minimum atomic E-state index is 0.194. The molecule has 0 saturated carbocycles. The Bertz CT molecular complexity index is 137. The van der Waals surface area contributed by atoms with Gasteiger partial charge in [-0.15, -0.1) is 12.6 Å².